The minimum Gasteiger partial charge on any atom is -0.451 e. The maximum atomic E-state index is 11.7. The lowest BCUT2D eigenvalue weighted by atomic mass is 9.94. The molecule has 1 aliphatic rings. The predicted octanol–water partition coefficient (Wildman–Crippen LogP) is 1.72. The number of fused-ring (bicyclic) bond motifs is 1. The van der Waals surface area contributed by atoms with Gasteiger partial charge in [0.05, 0.1) is 0 Å². The second-order valence-electron chi connectivity index (χ2n) is 4.44. The second kappa shape index (κ2) is 3.87. The van der Waals surface area contributed by atoms with Crippen LogP contribution in [-0.4, -0.2) is 23.0 Å². The SMILES string of the molecule is C[C@H](c1c[nH]c2ccccc12)C1OC(=N)NC1=O. The summed E-state index contributed by atoms with van der Waals surface area (Å²) in [5.41, 5.74) is 2.06. The number of hydrogen-bond donors (Lipinski definition) is 3. The van der Waals surface area contributed by atoms with Crippen molar-refractivity contribution in [2.45, 2.75) is 18.9 Å². The number of aromatic amines is 1. The first-order valence-electron chi connectivity index (χ1n) is 5.79. The van der Waals surface area contributed by atoms with E-state index < -0.39 is 6.10 Å². The molecule has 18 heavy (non-hydrogen) atoms. The van der Waals surface area contributed by atoms with Crippen molar-refractivity contribution in [3.63, 3.8) is 0 Å². The summed E-state index contributed by atoms with van der Waals surface area (Å²) in [7, 11) is 0. The molecule has 1 aromatic carbocycles. The molecule has 1 unspecified atom stereocenters. The summed E-state index contributed by atoms with van der Waals surface area (Å²) < 4.78 is 5.22. The minimum absolute atomic E-state index is 0.107. The van der Waals surface area contributed by atoms with Gasteiger partial charge in [-0.1, -0.05) is 25.1 Å². The number of amidine groups is 1. The van der Waals surface area contributed by atoms with Crippen molar-refractivity contribution in [2.75, 3.05) is 0 Å². The summed E-state index contributed by atoms with van der Waals surface area (Å²) in [6.07, 6.45) is 1.27. The number of para-hydroxylation sites is 1. The van der Waals surface area contributed by atoms with Crippen LogP contribution in [0.3, 0.4) is 0 Å². The average molecular weight is 243 g/mol. The number of benzene rings is 1. The third-order valence-corrected chi connectivity index (χ3v) is 3.31. The van der Waals surface area contributed by atoms with Crippen molar-refractivity contribution < 1.29 is 9.53 Å². The van der Waals surface area contributed by atoms with Gasteiger partial charge in [0.2, 0.25) is 0 Å². The minimum atomic E-state index is -0.628. The highest BCUT2D eigenvalue weighted by Crippen LogP contribution is 2.30. The van der Waals surface area contributed by atoms with Crippen LogP contribution in [-0.2, 0) is 9.53 Å². The molecule has 0 spiro atoms. The van der Waals surface area contributed by atoms with E-state index in [1.165, 1.54) is 0 Å². The fourth-order valence-electron chi connectivity index (χ4n) is 2.36. The standard InChI is InChI=1S/C13H13N3O2/c1-7(11-12(17)16-13(14)18-11)9-6-15-10-5-3-2-4-8(9)10/h2-7,11,15H,1H3,(H2,14,16,17)/t7-,11?/m1/s1. The Hall–Kier alpha value is -2.30. The topological polar surface area (TPSA) is 78.0 Å². The Morgan fingerprint density at radius 1 is 1.39 bits per heavy atom. The summed E-state index contributed by atoms with van der Waals surface area (Å²) in [6.45, 7) is 1.93. The van der Waals surface area contributed by atoms with Crippen molar-refractivity contribution in [2.24, 2.45) is 0 Å². The van der Waals surface area contributed by atoms with E-state index in [-0.39, 0.29) is 17.8 Å². The van der Waals surface area contributed by atoms with Gasteiger partial charge in [0.1, 0.15) is 0 Å². The Bertz CT molecular complexity index is 632. The number of hydrogen-bond acceptors (Lipinski definition) is 3. The molecule has 0 bridgehead atoms. The Kier molecular flexibility index (Phi) is 2.33. The average Bonchev–Trinajstić information content (AvgIpc) is 2.92. The third-order valence-electron chi connectivity index (χ3n) is 3.31. The molecule has 1 fully saturated rings. The first-order valence-corrected chi connectivity index (χ1v) is 5.79. The van der Waals surface area contributed by atoms with Crippen LogP contribution in [0.25, 0.3) is 10.9 Å². The largest absolute Gasteiger partial charge is 0.451 e. The van der Waals surface area contributed by atoms with Gasteiger partial charge < -0.3 is 9.72 Å². The number of aromatic nitrogens is 1. The van der Waals surface area contributed by atoms with Crippen LogP contribution in [0.1, 0.15) is 18.4 Å². The fraction of sp³-hybridized carbons (Fsp3) is 0.231. The summed E-state index contributed by atoms with van der Waals surface area (Å²) in [5, 5.41) is 10.8. The zero-order valence-corrected chi connectivity index (χ0v) is 9.86. The third kappa shape index (κ3) is 1.55. The summed E-state index contributed by atoms with van der Waals surface area (Å²) in [5.74, 6) is -0.359. The lowest BCUT2D eigenvalue weighted by Crippen LogP contribution is -2.28. The fourth-order valence-corrected chi connectivity index (χ4v) is 2.36. The number of carbonyl (C=O) groups is 1. The van der Waals surface area contributed by atoms with Crippen molar-refractivity contribution in [3.8, 4) is 0 Å². The van der Waals surface area contributed by atoms with Gasteiger partial charge >= 0.3 is 0 Å². The van der Waals surface area contributed by atoms with E-state index in [4.69, 9.17) is 10.1 Å². The molecular formula is C13H13N3O2. The zero-order valence-electron chi connectivity index (χ0n) is 9.86. The van der Waals surface area contributed by atoms with Gasteiger partial charge in [-0.25, -0.2) is 0 Å². The van der Waals surface area contributed by atoms with Gasteiger partial charge in [-0.2, -0.15) is 0 Å². The molecule has 1 aliphatic heterocycles. The number of ether oxygens (including phenoxy) is 1. The number of nitrogens with one attached hydrogen (secondary N) is 3. The van der Waals surface area contributed by atoms with Crippen molar-refractivity contribution in [1.29, 1.82) is 5.41 Å². The van der Waals surface area contributed by atoms with Crippen molar-refractivity contribution in [1.82, 2.24) is 10.3 Å². The van der Waals surface area contributed by atoms with Crippen molar-refractivity contribution in [3.05, 3.63) is 36.0 Å². The smallest absolute Gasteiger partial charge is 0.289 e. The molecule has 2 aromatic rings. The highest BCUT2D eigenvalue weighted by Gasteiger charge is 2.36. The van der Waals surface area contributed by atoms with E-state index >= 15 is 0 Å². The monoisotopic (exact) mass is 243 g/mol. The molecular weight excluding hydrogens is 230 g/mol. The van der Waals surface area contributed by atoms with Crippen LogP contribution in [0.15, 0.2) is 30.5 Å². The highest BCUT2D eigenvalue weighted by atomic mass is 16.5. The highest BCUT2D eigenvalue weighted by molar-refractivity contribution is 6.01. The van der Waals surface area contributed by atoms with Gasteiger partial charge in [0.25, 0.3) is 11.9 Å². The molecule has 3 rings (SSSR count). The molecule has 92 valence electrons. The van der Waals surface area contributed by atoms with Gasteiger partial charge in [-0.3, -0.25) is 15.5 Å². The van der Waals surface area contributed by atoms with E-state index in [0.29, 0.717) is 0 Å². The van der Waals surface area contributed by atoms with Crippen LogP contribution >= 0.6 is 0 Å². The van der Waals surface area contributed by atoms with Crippen LogP contribution in [0, 0.1) is 5.41 Å². The number of H-pyrrole nitrogens is 1. The molecule has 5 nitrogen and oxygen atoms in total. The Labute approximate surface area is 104 Å². The molecule has 0 aliphatic carbocycles. The molecule has 0 saturated carbocycles. The van der Waals surface area contributed by atoms with E-state index in [1.807, 2.05) is 37.4 Å². The Morgan fingerprint density at radius 3 is 2.89 bits per heavy atom. The van der Waals surface area contributed by atoms with Crippen molar-refractivity contribution >= 4 is 22.8 Å². The lowest BCUT2D eigenvalue weighted by molar-refractivity contribution is -0.124. The molecule has 5 heteroatoms. The Balaban J connectivity index is 1.99. The number of amides is 1. The maximum absolute atomic E-state index is 11.7. The molecule has 2 heterocycles. The molecule has 1 amide bonds. The van der Waals surface area contributed by atoms with Gasteiger partial charge in [0.15, 0.2) is 6.10 Å². The summed E-state index contributed by atoms with van der Waals surface area (Å²) >= 11 is 0. The first kappa shape index (κ1) is 10.8. The lowest BCUT2D eigenvalue weighted by Gasteiger charge is -2.15. The molecule has 2 atom stereocenters. The van der Waals surface area contributed by atoms with E-state index in [0.717, 1.165) is 16.5 Å². The first-order chi connectivity index (χ1) is 8.66. The molecule has 3 N–H and O–H groups in total. The van der Waals surface area contributed by atoms with Gasteiger partial charge in [0, 0.05) is 23.0 Å². The molecule has 0 radical (unpaired) electrons. The normalized spacial score (nSPS) is 20.8. The Morgan fingerprint density at radius 2 is 2.17 bits per heavy atom. The second-order valence-corrected chi connectivity index (χ2v) is 4.44. The van der Waals surface area contributed by atoms with E-state index in [9.17, 15) is 4.79 Å². The van der Waals surface area contributed by atoms with E-state index in [2.05, 4.69) is 10.3 Å². The van der Waals surface area contributed by atoms with Gasteiger partial charge in [-0.05, 0) is 11.6 Å². The maximum Gasteiger partial charge on any atom is 0.289 e. The summed E-state index contributed by atoms with van der Waals surface area (Å²) in [6, 6.07) is 7.75. The van der Waals surface area contributed by atoms with E-state index in [1.54, 1.807) is 0 Å². The summed E-state index contributed by atoms with van der Waals surface area (Å²) in [4.78, 5) is 14.8. The number of rotatable bonds is 2. The molecule has 1 aromatic heterocycles. The predicted molar refractivity (Wildman–Crippen MR) is 67.5 cm³/mol. The van der Waals surface area contributed by atoms with Crippen LogP contribution in [0.2, 0.25) is 0 Å². The quantitative estimate of drug-likeness (QED) is 0.751. The van der Waals surface area contributed by atoms with Crippen LogP contribution < -0.4 is 5.32 Å². The number of carbonyl (C=O) groups excluding carboxylic acids is 1. The van der Waals surface area contributed by atoms with Crippen LogP contribution in [0.5, 0.6) is 0 Å². The molecule has 1 saturated heterocycles. The van der Waals surface area contributed by atoms with Gasteiger partial charge in [-0.15, -0.1) is 0 Å². The van der Waals surface area contributed by atoms with Crippen LogP contribution in [0.4, 0.5) is 0 Å². The zero-order chi connectivity index (χ0) is 12.7.